The lowest BCUT2D eigenvalue weighted by Crippen LogP contribution is -2.32. The number of carboxylic acids is 1. The number of nitrogens with two attached hydrogens (primary N) is 1. The molecule has 0 radical (unpaired) electrons. The monoisotopic (exact) mass is 539 g/mol. The van der Waals surface area contributed by atoms with Crippen molar-refractivity contribution in [3.05, 3.63) is 48.6 Å². The number of aromatic hydroxyl groups is 1. The summed E-state index contributed by atoms with van der Waals surface area (Å²) in [6, 6.07) is 7.86. The molecule has 0 heterocycles. The first-order valence-electron chi connectivity index (χ1n) is 6.71. The Kier molecular flexibility index (Phi) is 6.09. The third-order valence-corrected chi connectivity index (χ3v) is 4.87. The van der Waals surface area contributed by atoms with E-state index in [-0.39, 0.29) is 12.2 Å². The SMILES string of the molecule is Cc1cc(C[C@H](N)C(=O)O)cc(I)c1Oc1ccc(O)c(I)c1. The number of hydrogen-bond donors (Lipinski definition) is 3. The van der Waals surface area contributed by atoms with Gasteiger partial charge < -0.3 is 20.7 Å². The third kappa shape index (κ3) is 4.70. The molecule has 4 N–H and O–H groups in total. The zero-order chi connectivity index (χ0) is 17.1. The van der Waals surface area contributed by atoms with Crippen molar-refractivity contribution in [1.82, 2.24) is 0 Å². The number of carbonyl (C=O) groups is 1. The summed E-state index contributed by atoms with van der Waals surface area (Å²) < 4.78 is 7.49. The fourth-order valence-electron chi connectivity index (χ4n) is 2.06. The number of phenolic OH excluding ortho intramolecular Hbond substituents is 1. The summed E-state index contributed by atoms with van der Waals surface area (Å²) >= 11 is 4.19. The molecule has 0 saturated carbocycles. The molecule has 1 atom stereocenters. The topological polar surface area (TPSA) is 92.8 Å². The van der Waals surface area contributed by atoms with Gasteiger partial charge in [-0.2, -0.15) is 0 Å². The molecule has 122 valence electrons. The predicted octanol–water partition coefficient (Wildman–Crippen LogP) is 3.66. The van der Waals surface area contributed by atoms with Gasteiger partial charge in [0.1, 0.15) is 23.3 Å². The maximum Gasteiger partial charge on any atom is 0.320 e. The summed E-state index contributed by atoms with van der Waals surface area (Å²) in [5.41, 5.74) is 7.34. The number of phenols is 1. The Morgan fingerprint density at radius 3 is 2.52 bits per heavy atom. The van der Waals surface area contributed by atoms with Crippen LogP contribution in [0.3, 0.4) is 0 Å². The molecule has 0 unspecified atom stereocenters. The minimum absolute atomic E-state index is 0.211. The largest absolute Gasteiger partial charge is 0.507 e. The first kappa shape index (κ1) is 18.3. The maximum absolute atomic E-state index is 10.9. The quantitative estimate of drug-likeness (QED) is 0.505. The molecule has 2 aromatic carbocycles. The lowest BCUT2D eigenvalue weighted by atomic mass is 10.0. The van der Waals surface area contributed by atoms with Gasteiger partial charge in [-0.15, -0.1) is 0 Å². The molecule has 0 amide bonds. The fourth-order valence-corrected chi connectivity index (χ4v) is 3.48. The van der Waals surface area contributed by atoms with Gasteiger partial charge in [0.15, 0.2) is 0 Å². The number of carboxylic acid groups (broad SMARTS) is 1. The molecule has 7 heteroatoms. The molecule has 5 nitrogen and oxygen atoms in total. The van der Waals surface area contributed by atoms with Crippen LogP contribution in [0.5, 0.6) is 17.2 Å². The van der Waals surface area contributed by atoms with E-state index >= 15 is 0 Å². The zero-order valence-electron chi connectivity index (χ0n) is 12.2. The van der Waals surface area contributed by atoms with Crippen LogP contribution < -0.4 is 10.5 Å². The predicted molar refractivity (Wildman–Crippen MR) is 104 cm³/mol. The first-order chi connectivity index (χ1) is 10.8. The maximum atomic E-state index is 10.9. The Balaban J connectivity index is 2.26. The molecule has 0 saturated heterocycles. The van der Waals surface area contributed by atoms with Crippen LogP contribution in [-0.2, 0) is 11.2 Å². The van der Waals surface area contributed by atoms with E-state index in [1.54, 1.807) is 18.2 Å². The number of rotatable bonds is 5. The minimum atomic E-state index is -1.02. The fraction of sp³-hybridized carbons (Fsp3) is 0.188. The standard InChI is InChI=1S/C16H15I2NO4/c1-8-4-9(6-13(19)16(21)22)5-12(18)15(8)23-10-2-3-14(20)11(17)7-10/h2-5,7,13,20H,6,19H2,1H3,(H,21,22)/t13-/m0/s1. The Bertz CT molecular complexity index is 726. The summed E-state index contributed by atoms with van der Waals surface area (Å²) in [5.74, 6) is 0.530. The molecular weight excluding hydrogens is 524 g/mol. The Hall–Kier alpha value is -1.07. The lowest BCUT2D eigenvalue weighted by Gasteiger charge is -2.14. The molecule has 0 aliphatic heterocycles. The van der Waals surface area contributed by atoms with Crippen molar-refractivity contribution in [2.24, 2.45) is 5.73 Å². The van der Waals surface area contributed by atoms with Gasteiger partial charge in [0.2, 0.25) is 0 Å². The van der Waals surface area contributed by atoms with Gasteiger partial charge in [0.25, 0.3) is 0 Å². The molecule has 2 aromatic rings. The molecule has 23 heavy (non-hydrogen) atoms. The van der Waals surface area contributed by atoms with Crippen LogP contribution in [-0.4, -0.2) is 22.2 Å². The smallest absolute Gasteiger partial charge is 0.320 e. The first-order valence-corrected chi connectivity index (χ1v) is 8.87. The van der Waals surface area contributed by atoms with Gasteiger partial charge in [-0.25, -0.2) is 0 Å². The minimum Gasteiger partial charge on any atom is -0.507 e. The second kappa shape index (κ2) is 7.67. The van der Waals surface area contributed by atoms with E-state index in [4.69, 9.17) is 15.6 Å². The molecule has 0 fully saturated rings. The molecule has 0 aliphatic carbocycles. The number of aryl methyl sites for hydroxylation is 1. The van der Waals surface area contributed by atoms with Gasteiger partial charge in [0.05, 0.1) is 7.14 Å². The number of hydrogen-bond acceptors (Lipinski definition) is 4. The Morgan fingerprint density at radius 2 is 1.96 bits per heavy atom. The highest BCUT2D eigenvalue weighted by atomic mass is 127. The van der Waals surface area contributed by atoms with Crippen LogP contribution in [0.2, 0.25) is 0 Å². The lowest BCUT2D eigenvalue weighted by molar-refractivity contribution is -0.138. The highest BCUT2D eigenvalue weighted by molar-refractivity contribution is 14.1. The van der Waals surface area contributed by atoms with Crippen molar-refractivity contribution in [2.75, 3.05) is 0 Å². The van der Waals surface area contributed by atoms with Crippen LogP contribution in [0.15, 0.2) is 30.3 Å². The van der Waals surface area contributed by atoms with E-state index in [0.29, 0.717) is 15.1 Å². The van der Waals surface area contributed by atoms with E-state index in [9.17, 15) is 9.90 Å². The van der Waals surface area contributed by atoms with Gasteiger partial charge >= 0.3 is 5.97 Å². The normalized spacial score (nSPS) is 12.0. The molecule has 0 spiro atoms. The second-order valence-electron chi connectivity index (χ2n) is 5.09. The van der Waals surface area contributed by atoms with Crippen molar-refractivity contribution in [2.45, 2.75) is 19.4 Å². The van der Waals surface area contributed by atoms with Crippen LogP contribution in [0.25, 0.3) is 0 Å². The zero-order valence-corrected chi connectivity index (χ0v) is 16.5. The average Bonchev–Trinajstić information content (AvgIpc) is 2.46. The molecule has 2 rings (SSSR count). The average molecular weight is 539 g/mol. The number of benzene rings is 2. The van der Waals surface area contributed by atoms with E-state index in [1.807, 2.05) is 41.6 Å². The van der Waals surface area contributed by atoms with Crippen LogP contribution in [0.4, 0.5) is 0 Å². The second-order valence-corrected chi connectivity index (χ2v) is 7.41. The van der Waals surface area contributed by atoms with Crippen molar-refractivity contribution in [1.29, 1.82) is 0 Å². The highest BCUT2D eigenvalue weighted by Gasteiger charge is 2.15. The van der Waals surface area contributed by atoms with E-state index in [2.05, 4.69) is 22.6 Å². The van der Waals surface area contributed by atoms with Crippen molar-refractivity contribution in [3.63, 3.8) is 0 Å². The Labute approximate surface area is 161 Å². The van der Waals surface area contributed by atoms with E-state index < -0.39 is 12.0 Å². The van der Waals surface area contributed by atoms with E-state index in [0.717, 1.165) is 14.7 Å². The van der Waals surface area contributed by atoms with Gasteiger partial charge in [-0.3, -0.25) is 4.79 Å². The summed E-state index contributed by atoms with van der Waals surface area (Å²) in [6.45, 7) is 1.90. The molecule has 0 aromatic heterocycles. The van der Waals surface area contributed by atoms with Crippen LogP contribution >= 0.6 is 45.2 Å². The summed E-state index contributed by atoms with van der Waals surface area (Å²) in [7, 11) is 0. The van der Waals surface area contributed by atoms with E-state index in [1.165, 1.54) is 0 Å². The Morgan fingerprint density at radius 1 is 1.26 bits per heavy atom. The number of halogens is 2. The molecule has 0 bridgehead atoms. The summed E-state index contributed by atoms with van der Waals surface area (Å²) in [6.07, 6.45) is 0.267. The summed E-state index contributed by atoms with van der Waals surface area (Å²) in [5, 5.41) is 18.5. The highest BCUT2D eigenvalue weighted by Crippen LogP contribution is 2.33. The molecular formula is C16H15I2NO4. The molecule has 0 aliphatic rings. The van der Waals surface area contributed by atoms with Crippen LogP contribution in [0, 0.1) is 14.1 Å². The van der Waals surface area contributed by atoms with Gasteiger partial charge in [-0.05, 0) is 93.9 Å². The summed E-state index contributed by atoms with van der Waals surface area (Å²) in [4.78, 5) is 10.9. The van der Waals surface area contributed by atoms with Crippen molar-refractivity contribution >= 4 is 51.2 Å². The van der Waals surface area contributed by atoms with Crippen molar-refractivity contribution in [3.8, 4) is 17.2 Å². The van der Waals surface area contributed by atoms with Gasteiger partial charge in [0, 0.05) is 0 Å². The third-order valence-electron chi connectivity index (χ3n) is 3.20. The number of aliphatic carboxylic acids is 1. The van der Waals surface area contributed by atoms with Crippen molar-refractivity contribution < 1.29 is 19.7 Å². The number of ether oxygens (including phenoxy) is 1. The van der Waals surface area contributed by atoms with Crippen LogP contribution in [0.1, 0.15) is 11.1 Å². The van der Waals surface area contributed by atoms with Gasteiger partial charge in [-0.1, -0.05) is 6.07 Å².